The van der Waals surface area contributed by atoms with Crippen LogP contribution in [0.1, 0.15) is 29.1 Å². The molecular weight excluding hydrogens is 322 g/mol. The number of amides is 1. The van der Waals surface area contributed by atoms with Gasteiger partial charge in [0.1, 0.15) is 5.82 Å². The van der Waals surface area contributed by atoms with Crippen molar-refractivity contribution >= 4 is 32.9 Å². The molecule has 0 fully saturated rings. The lowest BCUT2D eigenvalue weighted by Gasteiger charge is -2.10. The third-order valence-electron chi connectivity index (χ3n) is 3.03. The second kappa shape index (κ2) is 5.13. The summed E-state index contributed by atoms with van der Waals surface area (Å²) < 4.78 is 5.48. The number of benzene rings is 1. The predicted octanol–water partition coefficient (Wildman–Crippen LogP) is 3.41. The number of aromatic amines is 1. The highest BCUT2D eigenvalue weighted by atomic mass is 79.9. The lowest BCUT2D eigenvalue weighted by molar-refractivity contribution is 0.0936. The number of halogens is 1. The zero-order valence-electron chi connectivity index (χ0n) is 10.7. The first-order valence-electron chi connectivity index (χ1n) is 6.13. The van der Waals surface area contributed by atoms with Crippen LogP contribution in [-0.2, 0) is 0 Å². The average molecular weight is 334 g/mol. The number of hydrogen-bond donors (Lipinski definition) is 2. The maximum absolute atomic E-state index is 12.1. The fourth-order valence-electron chi connectivity index (χ4n) is 1.98. The summed E-state index contributed by atoms with van der Waals surface area (Å²) >= 11 is 3.19. The van der Waals surface area contributed by atoms with Crippen LogP contribution in [0.15, 0.2) is 45.7 Å². The Hall–Kier alpha value is -2.08. The Bertz CT molecular complexity index is 729. The van der Waals surface area contributed by atoms with E-state index in [1.54, 1.807) is 6.07 Å². The molecule has 20 heavy (non-hydrogen) atoms. The minimum atomic E-state index is -0.225. The number of imidazole rings is 1. The Kier molecular flexibility index (Phi) is 3.31. The Morgan fingerprint density at radius 1 is 1.40 bits per heavy atom. The summed E-state index contributed by atoms with van der Waals surface area (Å²) in [5.41, 5.74) is 2.30. The molecular formula is C14H12BrN3O2. The molecule has 3 rings (SSSR count). The van der Waals surface area contributed by atoms with E-state index in [0.29, 0.717) is 10.2 Å². The molecule has 5 nitrogen and oxygen atoms in total. The highest BCUT2D eigenvalue weighted by Gasteiger charge is 2.17. The van der Waals surface area contributed by atoms with Crippen molar-refractivity contribution in [2.45, 2.75) is 13.0 Å². The van der Waals surface area contributed by atoms with Gasteiger partial charge in [0.25, 0.3) is 5.91 Å². The molecule has 0 bridgehead atoms. The molecule has 1 unspecified atom stereocenters. The maximum atomic E-state index is 12.1. The first kappa shape index (κ1) is 12.9. The number of rotatable bonds is 3. The van der Waals surface area contributed by atoms with Crippen molar-refractivity contribution in [3.05, 3.63) is 52.7 Å². The number of nitrogens with zero attached hydrogens (tertiary/aromatic N) is 1. The minimum Gasteiger partial charge on any atom is -0.457 e. The highest BCUT2D eigenvalue weighted by Crippen LogP contribution is 2.19. The summed E-state index contributed by atoms with van der Waals surface area (Å²) in [6.07, 6.45) is 1.46. The maximum Gasteiger partial charge on any atom is 0.256 e. The van der Waals surface area contributed by atoms with Crippen LogP contribution in [0.2, 0.25) is 0 Å². The van der Waals surface area contributed by atoms with E-state index in [2.05, 4.69) is 31.2 Å². The van der Waals surface area contributed by atoms with Crippen molar-refractivity contribution in [2.75, 3.05) is 0 Å². The van der Waals surface area contributed by atoms with Gasteiger partial charge in [-0.1, -0.05) is 12.1 Å². The first-order valence-corrected chi connectivity index (χ1v) is 6.93. The zero-order chi connectivity index (χ0) is 14.1. The van der Waals surface area contributed by atoms with Gasteiger partial charge in [-0.05, 0) is 41.1 Å². The van der Waals surface area contributed by atoms with Crippen molar-refractivity contribution in [2.24, 2.45) is 0 Å². The van der Waals surface area contributed by atoms with Gasteiger partial charge >= 0.3 is 0 Å². The van der Waals surface area contributed by atoms with E-state index in [9.17, 15) is 4.79 Å². The molecule has 0 aliphatic heterocycles. The number of nitrogens with one attached hydrogen (secondary N) is 2. The quantitative estimate of drug-likeness (QED) is 0.771. The van der Waals surface area contributed by atoms with Crippen LogP contribution in [0.5, 0.6) is 0 Å². The first-order chi connectivity index (χ1) is 9.65. The van der Waals surface area contributed by atoms with Gasteiger partial charge in [0, 0.05) is 0 Å². The molecule has 1 amide bonds. The minimum absolute atomic E-state index is 0.210. The van der Waals surface area contributed by atoms with Gasteiger partial charge in [-0.25, -0.2) is 4.98 Å². The molecule has 0 radical (unpaired) electrons. The van der Waals surface area contributed by atoms with Gasteiger partial charge in [-0.2, -0.15) is 0 Å². The topological polar surface area (TPSA) is 70.9 Å². The third-order valence-corrected chi connectivity index (χ3v) is 3.64. The second-order valence-electron chi connectivity index (χ2n) is 4.44. The van der Waals surface area contributed by atoms with Crippen molar-refractivity contribution in [1.29, 1.82) is 0 Å². The molecule has 0 aliphatic rings. The number of carbonyl (C=O) groups excluding carboxylic acids is 1. The van der Waals surface area contributed by atoms with Crippen LogP contribution in [-0.4, -0.2) is 15.9 Å². The van der Waals surface area contributed by atoms with Gasteiger partial charge in [0.05, 0.1) is 28.9 Å². The van der Waals surface area contributed by atoms with Gasteiger partial charge in [-0.3, -0.25) is 4.79 Å². The summed E-state index contributed by atoms with van der Waals surface area (Å²) in [5.74, 6) is 0.512. The number of hydrogen-bond acceptors (Lipinski definition) is 3. The summed E-state index contributed by atoms with van der Waals surface area (Å²) in [7, 11) is 0. The van der Waals surface area contributed by atoms with Gasteiger partial charge in [0.15, 0.2) is 4.67 Å². The lowest BCUT2D eigenvalue weighted by atomic mass is 10.2. The van der Waals surface area contributed by atoms with Crippen molar-refractivity contribution < 1.29 is 9.21 Å². The molecule has 0 saturated carbocycles. The molecule has 0 saturated heterocycles. The lowest BCUT2D eigenvalue weighted by Crippen LogP contribution is -2.27. The molecule has 2 aromatic heterocycles. The van der Waals surface area contributed by atoms with Crippen LogP contribution in [0.4, 0.5) is 0 Å². The normalized spacial score (nSPS) is 12.5. The Balaban J connectivity index is 1.80. The van der Waals surface area contributed by atoms with Crippen LogP contribution in [0.25, 0.3) is 11.0 Å². The number of H-pyrrole nitrogens is 1. The van der Waals surface area contributed by atoms with Crippen LogP contribution < -0.4 is 5.32 Å². The largest absolute Gasteiger partial charge is 0.457 e. The number of para-hydroxylation sites is 2. The number of carbonyl (C=O) groups is 1. The zero-order valence-corrected chi connectivity index (χ0v) is 12.3. The Morgan fingerprint density at radius 2 is 2.20 bits per heavy atom. The molecule has 102 valence electrons. The van der Waals surface area contributed by atoms with E-state index in [-0.39, 0.29) is 11.9 Å². The Labute approximate surface area is 123 Å². The molecule has 0 aliphatic carbocycles. The molecule has 1 atom stereocenters. The summed E-state index contributed by atoms with van der Waals surface area (Å²) in [6, 6.07) is 9.14. The van der Waals surface area contributed by atoms with Crippen LogP contribution in [0.3, 0.4) is 0 Å². The molecule has 1 aromatic carbocycles. The fraction of sp³-hybridized carbons (Fsp3) is 0.143. The SMILES string of the molecule is CC(NC(=O)c1ccoc1Br)c1nc2ccccc2[nH]1. The monoisotopic (exact) mass is 333 g/mol. The summed E-state index contributed by atoms with van der Waals surface area (Å²) in [4.78, 5) is 19.7. The average Bonchev–Trinajstić information content (AvgIpc) is 3.04. The summed E-state index contributed by atoms with van der Waals surface area (Å²) in [5, 5.41) is 2.88. The van der Waals surface area contributed by atoms with E-state index in [4.69, 9.17) is 4.42 Å². The number of furan rings is 1. The van der Waals surface area contributed by atoms with Gasteiger partial charge in [-0.15, -0.1) is 0 Å². The van der Waals surface area contributed by atoms with Gasteiger partial charge in [0.2, 0.25) is 0 Å². The summed E-state index contributed by atoms with van der Waals surface area (Å²) in [6.45, 7) is 1.88. The standard InChI is InChI=1S/C14H12BrN3O2/c1-8(16-14(19)9-6-7-20-12(9)15)13-17-10-4-2-3-5-11(10)18-13/h2-8H,1H3,(H,16,19)(H,17,18). The van der Waals surface area contributed by atoms with E-state index in [0.717, 1.165) is 16.9 Å². The molecule has 0 spiro atoms. The second-order valence-corrected chi connectivity index (χ2v) is 5.16. The van der Waals surface area contributed by atoms with E-state index in [1.807, 2.05) is 31.2 Å². The predicted molar refractivity (Wildman–Crippen MR) is 78.4 cm³/mol. The van der Waals surface area contributed by atoms with Crippen LogP contribution in [0, 0.1) is 0 Å². The van der Waals surface area contributed by atoms with Crippen LogP contribution >= 0.6 is 15.9 Å². The molecule has 2 heterocycles. The van der Waals surface area contributed by atoms with Crippen molar-refractivity contribution in [3.8, 4) is 0 Å². The number of aromatic nitrogens is 2. The number of fused-ring (bicyclic) bond motifs is 1. The van der Waals surface area contributed by atoms with Crippen molar-refractivity contribution in [3.63, 3.8) is 0 Å². The van der Waals surface area contributed by atoms with E-state index in [1.165, 1.54) is 6.26 Å². The molecule has 6 heteroatoms. The third kappa shape index (κ3) is 2.34. The fourth-order valence-corrected chi connectivity index (χ4v) is 2.40. The smallest absolute Gasteiger partial charge is 0.256 e. The van der Waals surface area contributed by atoms with E-state index >= 15 is 0 Å². The Morgan fingerprint density at radius 3 is 2.90 bits per heavy atom. The molecule has 3 aromatic rings. The van der Waals surface area contributed by atoms with E-state index < -0.39 is 0 Å². The molecule has 2 N–H and O–H groups in total. The highest BCUT2D eigenvalue weighted by molar-refractivity contribution is 9.10. The van der Waals surface area contributed by atoms with Crippen molar-refractivity contribution in [1.82, 2.24) is 15.3 Å². The van der Waals surface area contributed by atoms with Gasteiger partial charge < -0.3 is 14.7 Å².